The van der Waals surface area contributed by atoms with Crippen molar-refractivity contribution in [3.05, 3.63) is 87.9 Å². The third kappa shape index (κ3) is 3.54. The Morgan fingerprint density at radius 3 is 2.55 bits per heavy atom. The van der Waals surface area contributed by atoms with Crippen LogP contribution >= 0.6 is 11.6 Å². The number of nitrogens with zero attached hydrogens (tertiary/aromatic N) is 4. The van der Waals surface area contributed by atoms with E-state index in [4.69, 9.17) is 11.6 Å². The van der Waals surface area contributed by atoms with Crippen LogP contribution in [0.2, 0.25) is 5.02 Å². The first-order chi connectivity index (χ1) is 14.0. The number of anilines is 1. The molecule has 1 amide bonds. The molecule has 6 nitrogen and oxygen atoms in total. The monoisotopic (exact) mass is 406 g/mol. The van der Waals surface area contributed by atoms with Crippen molar-refractivity contribution in [3.63, 3.8) is 0 Å². The van der Waals surface area contributed by atoms with Gasteiger partial charge in [-0.05, 0) is 48.0 Å². The molecule has 146 valence electrons. The Balaban J connectivity index is 1.78. The van der Waals surface area contributed by atoms with E-state index in [1.54, 1.807) is 45.5 Å². The van der Waals surface area contributed by atoms with Crippen molar-refractivity contribution in [2.45, 2.75) is 13.5 Å². The van der Waals surface area contributed by atoms with E-state index < -0.39 is 0 Å². The maximum Gasteiger partial charge on any atom is 0.335 e. The molecule has 0 saturated heterocycles. The van der Waals surface area contributed by atoms with Gasteiger partial charge in [-0.2, -0.15) is 0 Å². The summed E-state index contributed by atoms with van der Waals surface area (Å²) < 4.78 is 3.26. The number of hydrogen-bond acceptors (Lipinski definition) is 3. The molecule has 0 fully saturated rings. The van der Waals surface area contributed by atoms with E-state index >= 15 is 0 Å². The average Bonchev–Trinajstić information content (AvgIpc) is 2.99. The fourth-order valence-electron chi connectivity index (χ4n) is 3.28. The highest BCUT2D eigenvalue weighted by Gasteiger charge is 2.16. The van der Waals surface area contributed by atoms with Crippen LogP contribution in [0.5, 0.6) is 0 Å². The Morgan fingerprint density at radius 1 is 1.10 bits per heavy atom. The van der Waals surface area contributed by atoms with E-state index in [9.17, 15) is 9.59 Å². The second-order valence-corrected chi connectivity index (χ2v) is 7.21. The lowest BCUT2D eigenvalue weighted by Crippen LogP contribution is -2.24. The predicted molar refractivity (Wildman–Crippen MR) is 115 cm³/mol. The molecule has 0 atom stereocenters. The highest BCUT2D eigenvalue weighted by Crippen LogP contribution is 2.20. The molecule has 29 heavy (non-hydrogen) atoms. The van der Waals surface area contributed by atoms with Crippen molar-refractivity contribution in [2.75, 3.05) is 11.9 Å². The Morgan fingerprint density at radius 2 is 1.86 bits per heavy atom. The third-order valence-electron chi connectivity index (χ3n) is 4.89. The van der Waals surface area contributed by atoms with E-state index in [0.29, 0.717) is 22.9 Å². The number of carbonyl (C=O) groups excluding carboxylic acids is 1. The van der Waals surface area contributed by atoms with E-state index in [-0.39, 0.29) is 11.6 Å². The normalized spacial score (nSPS) is 11.0. The molecule has 0 aliphatic carbocycles. The van der Waals surface area contributed by atoms with Crippen LogP contribution in [0.15, 0.2) is 71.7 Å². The zero-order valence-electron chi connectivity index (χ0n) is 16.0. The Bertz CT molecular complexity index is 1260. The molecule has 0 bridgehead atoms. The SMILES string of the molecule is CC(=O)N(C)c1ccc(Cn2c(=O)n(-c3cccc(Cl)c3)c3ncccc32)cc1. The van der Waals surface area contributed by atoms with Crippen LogP contribution in [0.3, 0.4) is 0 Å². The highest BCUT2D eigenvalue weighted by molar-refractivity contribution is 6.30. The number of benzene rings is 2. The Labute approximate surface area is 172 Å². The smallest absolute Gasteiger partial charge is 0.316 e. The van der Waals surface area contributed by atoms with Gasteiger partial charge in [-0.15, -0.1) is 0 Å². The van der Waals surface area contributed by atoms with Gasteiger partial charge in [-0.3, -0.25) is 9.36 Å². The highest BCUT2D eigenvalue weighted by atomic mass is 35.5. The maximum atomic E-state index is 13.3. The first kappa shape index (κ1) is 19.0. The lowest BCUT2D eigenvalue weighted by atomic mass is 10.2. The molecular weight excluding hydrogens is 388 g/mol. The molecule has 0 N–H and O–H groups in total. The lowest BCUT2D eigenvalue weighted by molar-refractivity contribution is -0.116. The summed E-state index contributed by atoms with van der Waals surface area (Å²) >= 11 is 6.13. The van der Waals surface area contributed by atoms with Crippen molar-refractivity contribution >= 4 is 34.4 Å². The summed E-state index contributed by atoms with van der Waals surface area (Å²) in [6.45, 7) is 1.91. The molecule has 4 rings (SSSR count). The van der Waals surface area contributed by atoms with Crippen molar-refractivity contribution in [2.24, 2.45) is 0 Å². The van der Waals surface area contributed by atoms with Gasteiger partial charge in [0.1, 0.15) is 0 Å². The molecular formula is C22H19ClN4O2. The summed E-state index contributed by atoms with van der Waals surface area (Å²) in [5.41, 5.74) is 3.54. The van der Waals surface area contributed by atoms with Gasteiger partial charge in [-0.1, -0.05) is 29.8 Å². The van der Waals surface area contributed by atoms with E-state index in [0.717, 1.165) is 16.8 Å². The summed E-state index contributed by atoms with van der Waals surface area (Å²) in [5, 5.41) is 0.552. The van der Waals surface area contributed by atoms with Gasteiger partial charge in [0.2, 0.25) is 5.91 Å². The molecule has 2 aromatic heterocycles. The number of pyridine rings is 1. The Kier molecular flexibility index (Phi) is 4.94. The van der Waals surface area contributed by atoms with Gasteiger partial charge in [-0.25, -0.2) is 14.3 Å². The minimum atomic E-state index is -0.189. The zero-order valence-corrected chi connectivity index (χ0v) is 16.8. The van der Waals surface area contributed by atoms with Crippen LogP contribution in [0, 0.1) is 0 Å². The first-order valence-corrected chi connectivity index (χ1v) is 9.49. The molecule has 0 aliphatic rings. The minimum absolute atomic E-state index is 0.0374. The van der Waals surface area contributed by atoms with Gasteiger partial charge in [0.05, 0.1) is 17.7 Å². The number of amides is 1. The number of aromatic nitrogens is 3. The van der Waals surface area contributed by atoms with Crippen LogP contribution in [-0.4, -0.2) is 27.1 Å². The van der Waals surface area contributed by atoms with E-state index in [1.165, 1.54) is 6.92 Å². The second-order valence-electron chi connectivity index (χ2n) is 6.77. The summed E-state index contributed by atoms with van der Waals surface area (Å²) in [4.78, 5) is 30.8. The second kappa shape index (κ2) is 7.56. The van der Waals surface area contributed by atoms with Crippen molar-refractivity contribution in [1.29, 1.82) is 0 Å². The van der Waals surface area contributed by atoms with Crippen LogP contribution in [0.1, 0.15) is 12.5 Å². The van der Waals surface area contributed by atoms with Crippen LogP contribution in [0.4, 0.5) is 5.69 Å². The number of halogens is 1. The van der Waals surface area contributed by atoms with Crippen molar-refractivity contribution < 1.29 is 4.79 Å². The zero-order chi connectivity index (χ0) is 20.5. The average molecular weight is 407 g/mol. The lowest BCUT2D eigenvalue weighted by Gasteiger charge is -2.15. The molecule has 2 aromatic carbocycles. The number of fused-ring (bicyclic) bond motifs is 1. The number of imidazole rings is 1. The minimum Gasteiger partial charge on any atom is -0.316 e. The van der Waals surface area contributed by atoms with Gasteiger partial charge in [0.15, 0.2) is 5.65 Å². The number of hydrogen-bond donors (Lipinski definition) is 0. The fourth-order valence-corrected chi connectivity index (χ4v) is 3.46. The predicted octanol–water partition coefficient (Wildman–Crippen LogP) is 3.87. The summed E-state index contributed by atoms with van der Waals surface area (Å²) in [7, 11) is 1.73. The van der Waals surface area contributed by atoms with Crippen LogP contribution < -0.4 is 10.6 Å². The van der Waals surface area contributed by atoms with Crippen LogP contribution in [0.25, 0.3) is 16.9 Å². The molecule has 0 spiro atoms. The Hall–Kier alpha value is -3.38. The summed E-state index contributed by atoms with van der Waals surface area (Å²) in [5.74, 6) is -0.0374. The maximum absolute atomic E-state index is 13.3. The third-order valence-corrected chi connectivity index (χ3v) is 5.13. The fraction of sp³-hybridized carbons (Fsp3) is 0.136. The van der Waals surface area contributed by atoms with Gasteiger partial charge < -0.3 is 4.90 Å². The summed E-state index contributed by atoms with van der Waals surface area (Å²) in [6, 6.07) is 18.4. The standard InChI is InChI=1S/C22H19ClN4O2/c1-15(28)25(2)18-10-8-16(9-11-18)14-26-20-7-4-12-24-21(20)27(22(26)29)19-6-3-5-17(23)13-19/h3-13H,14H2,1-2H3. The van der Waals surface area contributed by atoms with Gasteiger partial charge in [0.25, 0.3) is 0 Å². The van der Waals surface area contributed by atoms with Gasteiger partial charge in [0, 0.05) is 30.9 Å². The van der Waals surface area contributed by atoms with E-state index in [2.05, 4.69) is 4.98 Å². The number of carbonyl (C=O) groups is 1. The first-order valence-electron chi connectivity index (χ1n) is 9.11. The topological polar surface area (TPSA) is 60.1 Å². The van der Waals surface area contributed by atoms with E-state index in [1.807, 2.05) is 42.5 Å². The molecule has 0 radical (unpaired) electrons. The molecule has 0 unspecified atom stereocenters. The number of rotatable bonds is 4. The molecule has 7 heteroatoms. The molecule has 4 aromatic rings. The summed E-state index contributed by atoms with van der Waals surface area (Å²) in [6.07, 6.45) is 1.67. The molecule has 2 heterocycles. The largest absolute Gasteiger partial charge is 0.335 e. The van der Waals surface area contributed by atoms with Gasteiger partial charge >= 0.3 is 5.69 Å². The van der Waals surface area contributed by atoms with Crippen molar-refractivity contribution in [1.82, 2.24) is 14.1 Å². The molecule has 0 saturated carbocycles. The molecule has 0 aliphatic heterocycles. The van der Waals surface area contributed by atoms with Crippen LogP contribution in [-0.2, 0) is 11.3 Å². The van der Waals surface area contributed by atoms with Crippen molar-refractivity contribution in [3.8, 4) is 5.69 Å². The quantitative estimate of drug-likeness (QED) is 0.517.